The molecule has 1 aromatic carbocycles. The number of carbonyl (C=O) groups excluding carboxylic acids is 1. The summed E-state index contributed by atoms with van der Waals surface area (Å²) in [5.41, 5.74) is 2.33. The van der Waals surface area contributed by atoms with Crippen LogP contribution < -0.4 is 13.2 Å². The molecule has 0 atom stereocenters. The number of nitrogens with zero attached hydrogens (tertiary/aromatic N) is 2. The van der Waals surface area contributed by atoms with Crippen molar-refractivity contribution >= 4 is 45.9 Å². The first-order valence-electron chi connectivity index (χ1n) is 17.2. The van der Waals surface area contributed by atoms with E-state index in [1.165, 1.54) is 60.3 Å². The van der Waals surface area contributed by atoms with Crippen LogP contribution in [-0.2, 0) is 14.2 Å². The van der Waals surface area contributed by atoms with E-state index in [0.29, 0.717) is 26.4 Å². The third kappa shape index (κ3) is 14.3. The molecule has 2 rings (SSSR count). The first kappa shape index (κ1) is 40.0. The molecule has 0 N–H and O–H groups in total. The van der Waals surface area contributed by atoms with Crippen molar-refractivity contribution in [3.05, 3.63) is 47.7 Å². The third-order valence-electron chi connectivity index (χ3n) is 7.95. The number of rotatable bonds is 22. The maximum atomic E-state index is 12.5. The van der Waals surface area contributed by atoms with Crippen molar-refractivity contribution < 1.29 is 28.1 Å². The maximum absolute atomic E-state index is 12.5. The molecule has 258 valence electrons. The molecule has 0 aliphatic heterocycles. The summed E-state index contributed by atoms with van der Waals surface area (Å²) >= 11 is -2.90. The first-order chi connectivity index (χ1) is 22.1. The van der Waals surface area contributed by atoms with Crippen LogP contribution in [0.15, 0.2) is 36.5 Å². The Morgan fingerprint density at radius 3 is 1.93 bits per heavy atom. The predicted molar refractivity (Wildman–Crippen MR) is 192 cm³/mol. The Morgan fingerprint density at radius 1 is 0.848 bits per heavy atom. The molecule has 0 aliphatic rings. The van der Waals surface area contributed by atoms with Crippen LogP contribution in [0.3, 0.4) is 0 Å². The van der Waals surface area contributed by atoms with E-state index in [9.17, 15) is 9.18 Å². The molecule has 0 saturated heterocycles. The monoisotopic (exact) mass is 750 g/mol. The summed E-state index contributed by atoms with van der Waals surface area (Å²) in [4.78, 5) is 18.9. The van der Waals surface area contributed by atoms with E-state index < -0.39 is 30.7 Å². The second kappa shape index (κ2) is 21.7. The van der Waals surface area contributed by atoms with E-state index in [0.717, 1.165) is 22.7 Å². The van der Waals surface area contributed by atoms with Gasteiger partial charge in [-0.2, -0.15) is 0 Å². The Bertz CT molecular complexity index is 1150. The number of benzene rings is 1. The zero-order valence-corrected chi connectivity index (χ0v) is 32.4. The molecular weight excluding hydrogens is 690 g/mol. The molecule has 7 nitrogen and oxygen atoms in total. The van der Waals surface area contributed by atoms with E-state index in [4.69, 9.17) is 23.9 Å². The van der Waals surface area contributed by atoms with Gasteiger partial charge in [0.15, 0.2) is 0 Å². The molecule has 1 amide bonds. The zero-order valence-electron chi connectivity index (χ0n) is 29.5. The molecule has 1 heterocycles. The summed E-state index contributed by atoms with van der Waals surface area (Å²) in [7, 11) is 1.72. The molecule has 0 fully saturated rings. The fourth-order valence-corrected chi connectivity index (χ4v) is 21.7. The molecule has 0 radical (unpaired) electrons. The number of carbonyl (C=O) groups is 1. The number of pyridine rings is 1. The molecule has 0 spiro atoms. The van der Waals surface area contributed by atoms with Crippen molar-refractivity contribution in [2.24, 2.45) is 0 Å². The molecule has 46 heavy (non-hydrogen) atoms. The number of amides is 1. The topological polar surface area (TPSA) is 70.1 Å². The summed E-state index contributed by atoms with van der Waals surface area (Å²) in [6.45, 7) is 13.7. The van der Waals surface area contributed by atoms with Crippen LogP contribution in [-0.4, -0.2) is 81.8 Å². The van der Waals surface area contributed by atoms with Gasteiger partial charge >= 0.3 is 257 Å². The van der Waals surface area contributed by atoms with Crippen molar-refractivity contribution in [2.75, 3.05) is 51.7 Å². The fourth-order valence-electron chi connectivity index (χ4n) is 5.39. The number of halogens is 1. The number of anilines is 1. The van der Waals surface area contributed by atoms with E-state index in [2.05, 4.69) is 39.0 Å². The van der Waals surface area contributed by atoms with Crippen molar-refractivity contribution in [2.45, 2.75) is 99.0 Å². The van der Waals surface area contributed by atoms with Crippen molar-refractivity contribution in [3.63, 3.8) is 0 Å². The Hall–Kier alpha value is -2.17. The quantitative estimate of drug-likeness (QED) is 0.0885. The van der Waals surface area contributed by atoms with Gasteiger partial charge in [0.25, 0.3) is 0 Å². The van der Waals surface area contributed by atoms with Crippen LogP contribution in [0, 0.1) is 0 Å². The number of unbranched alkanes of at least 4 members (excludes halogenated alkanes) is 3. The van der Waals surface area contributed by atoms with Crippen LogP contribution in [0.4, 0.5) is 14.9 Å². The van der Waals surface area contributed by atoms with Gasteiger partial charge in [0.05, 0.1) is 0 Å². The molecule has 0 saturated carbocycles. The van der Waals surface area contributed by atoms with Crippen LogP contribution in [0.5, 0.6) is 5.88 Å². The average Bonchev–Trinajstić information content (AvgIpc) is 3.04. The molecule has 2 aromatic rings. The molecule has 1 aromatic heterocycles. The summed E-state index contributed by atoms with van der Waals surface area (Å²) in [5.74, 6) is 0.781. The number of hydrogen-bond donors (Lipinski definition) is 0. The van der Waals surface area contributed by atoms with Gasteiger partial charge < -0.3 is 0 Å². The Balaban J connectivity index is 2.33. The van der Waals surface area contributed by atoms with Crippen LogP contribution >= 0.6 is 0 Å². The van der Waals surface area contributed by atoms with Gasteiger partial charge in [-0.25, -0.2) is 0 Å². The van der Waals surface area contributed by atoms with Crippen LogP contribution in [0.25, 0.3) is 12.2 Å². The molecule has 9 heteroatoms. The number of hydrogen-bond acceptors (Lipinski definition) is 6. The summed E-state index contributed by atoms with van der Waals surface area (Å²) in [5, 5.41) is 0. The van der Waals surface area contributed by atoms with Crippen molar-refractivity contribution in [3.8, 4) is 5.88 Å². The third-order valence-corrected chi connectivity index (χ3v) is 23.5. The first-order valence-corrected chi connectivity index (χ1v) is 24.7. The van der Waals surface area contributed by atoms with E-state index in [-0.39, 0.29) is 12.7 Å². The molecule has 0 bridgehead atoms. The van der Waals surface area contributed by atoms with Gasteiger partial charge in [-0.05, 0) is 20.8 Å². The summed E-state index contributed by atoms with van der Waals surface area (Å²) in [6, 6.07) is 10.2. The minimum absolute atomic E-state index is 0.104. The SMILES string of the molecule is CCC[CH2][Sn]([CH2]CCC)([CH2]CCC)[c]1cc(/C=C/c2ccc(N(C)C(=O)OC(C)(C)C)cc2)cnc1OCCOCCOCCF. The zero-order chi connectivity index (χ0) is 33.8. The van der Waals surface area contributed by atoms with E-state index >= 15 is 0 Å². The Kier molecular flexibility index (Phi) is 18.8. The minimum atomic E-state index is -2.90. The standard InChI is InChI=1S/C25H32FN2O5.3C4H9.Sn/c1-25(2,3)33-24(29)28(4)22-10-7-20(8-11-22)5-6-21-9-12-23(27-19-21)32-18-17-31-16-15-30-14-13-26;3*1-3-4-2;/h5-11,19H,13-18H2,1-4H3;3*1,3-4H2,2H3;/b6-5+;;;;. The number of aromatic nitrogens is 1. The molecule has 0 unspecified atom stereocenters. The van der Waals surface area contributed by atoms with Crippen molar-refractivity contribution in [1.82, 2.24) is 4.98 Å². The van der Waals surface area contributed by atoms with E-state index in [1.54, 1.807) is 7.05 Å². The Morgan fingerprint density at radius 2 is 1.39 bits per heavy atom. The van der Waals surface area contributed by atoms with Gasteiger partial charge in [-0.1, -0.05) is 0 Å². The second-order valence-electron chi connectivity index (χ2n) is 12.9. The van der Waals surface area contributed by atoms with Gasteiger partial charge in [0.1, 0.15) is 5.60 Å². The van der Waals surface area contributed by atoms with E-state index in [1.807, 2.05) is 51.2 Å². The van der Waals surface area contributed by atoms with Crippen LogP contribution in [0.2, 0.25) is 13.3 Å². The predicted octanol–water partition coefficient (Wildman–Crippen LogP) is 9.06. The van der Waals surface area contributed by atoms with Gasteiger partial charge in [-0.3, -0.25) is 0 Å². The number of ether oxygens (including phenoxy) is 4. The normalized spacial score (nSPS) is 12.1. The summed E-state index contributed by atoms with van der Waals surface area (Å²) in [6.07, 6.45) is 13.1. The van der Waals surface area contributed by atoms with Crippen LogP contribution in [0.1, 0.15) is 91.2 Å². The number of alkyl halides is 1. The van der Waals surface area contributed by atoms with Gasteiger partial charge in [0.2, 0.25) is 0 Å². The molecular formula is C37H59FN2O5Sn. The summed E-state index contributed by atoms with van der Waals surface area (Å²) < 4.78 is 40.3. The second-order valence-corrected chi connectivity index (χ2v) is 26.1. The van der Waals surface area contributed by atoms with Gasteiger partial charge in [0, 0.05) is 0 Å². The molecule has 0 aliphatic carbocycles. The fraction of sp³-hybridized carbons (Fsp3) is 0.622. The van der Waals surface area contributed by atoms with Gasteiger partial charge in [-0.15, -0.1) is 0 Å². The average molecular weight is 750 g/mol. The van der Waals surface area contributed by atoms with Crippen molar-refractivity contribution in [1.29, 1.82) is 0 Å². The Labute approximate surface area is 282 Å².